The number of hydrazine groups is 1. The van der Waals surface area contributed by atoms with Crippen molar-refractivity contribution < 1.29 is 17.6 Å². The SMILES string of the molecule is NNC(c1ccsc1)c1cc(F)ccc1C(F)(F)F. The Labute approximate surface area is 110 Å². The maximum atomic E-state index is 13.2. The minimum Gasteiger partial charge on any atom is -0.271 e. The van der Waals surface area contributed by atoms with E-state index in [0.717, 1.165) is 18.2 Å². The topological polar surface area (TPSA) is 38.0 Å². The van der Waals surface area contributed by atoms with Crippen molar-refractivity contribution in [2.24, 2.45) is 5.84 Å². The number of hydrogen-bond donors (Lipinski definition) is 2. The quantitative estimate of drug-likeness (QED) is 0.516. The lowest BCUT2D eigenvalue weighted by Crippen LogP contribution is -2.30. The zero-order chi connectivity index (χ0) is 14.0. The second-order valence-electron chi connectivity index (χ2n) is 3.89. The first-order chi connectivity index (χ1) is 8.93. The maximum absolute atomic E-state index is 13.2. The van der Waals surface area contributed by atoms with Crippen molar-refractivity contribution in [2.45, 2.75) is 12.2 Å². The van der Waals surface area contributed by atoms with E-state index in [9.17, 15) is 17.6 Å². The molecule has 0 saturated carbocycles. The summed E-state index contributed by atoms with van der Waals surface area (Å²) >= 11 is 1.32. The molecule has 0 amide bonds. The molecule has 0 bridgehead atoms. The van der Waals surface area contributed by atoms with Crippen LogP contribution in [0.4, 0.5) is 17.6 Å². The largest absolute Gasteiger partial charge is 0.416 e. The molecule has 0 aliphatic carbocycles. The van der Waals surface area contributed by atoms with Gasteiger partial charge in [0.2, 0.25) is 0 Å². The lowest BCUT2D eigenvalue weighted by molar-refractivity contribution is -0.138. The van der Waals surface area contributed by atoms with Crippen LogP contribution >= 0.6 is 11.3 Å². The van der Waals surface area contributed by atoms with Gasteiger partial charge in [0.1, 0.15) is 5.82 Å². The van der Waals surface area contributed by atoms with Crippen LogP contribution in [0.15, 0.2) is 35.0 Å². The molecule has 1 heterocycles. The Bertz CT molecular complexity index is 551. The molecule has 0 saturated heterocycles. The molecule has 7 heteroatoms. The second kappa shape index (κ2) is 5.28. The van der Waals surface area contributed by atoms with Gasteiger partial charge in [-0.15, -0.1) is 0 Å². The smallest absolute Gasteiger partial charge is 0.271 e. The summed E-state index contributed by atoms with van der Waals surface area (Å²) < 4.78 is 52.0. The van der Waals surface area contributed by atoms with Gasteiger partial charge in [-0.1, -0.05) is 0 Å². The van der Waals surface area contributed by atoms with E-state index in [1.807, 2.05) is 0 Å². The highest BCUT2D eigenvalue weighted by Gasteiger charge is 2.35. The van der Waals surface area contributed by atoms with Crippen molar-refractivity contribution in [3.05, 3.63) is 57.5 Å². The molecule has 2 nitrogen and oxygen atoms in total. The molecule has 0 radical (unpaired) electrons. The van der Waals surface area contributed by atoms with Crippen LogP contribution < -0.4 is 11.3 Å². The molecule has 1 atom stereocenters. The van der Waals surface area contributed by atoms with Gasteiger partial charge in [0.15, 0.2) is 0 Å². The molecule has 102 valence electrons. The van der Waals surface area contributed by atoms with Crippen molar-refractivity contribution >= 4 is 11.3 Å². The first-order valence-electron chi connectivity index (χ1n) is 5.28. The summed E-state index contributed by atoms with van der Waals surface area (Å²) in [4.78, 5) is 0. The summed E-state index contributed by atoms with van der Waals surface area (Å²) in [5.41, 5.74) is 1.73. The van der Waals surface area contributed by atoms with E-state index in [1.54, 1.807) is 16.8 Å². The predicted octanol–water partition coefficient (Wildman–Crippen LogP) is 3.46. The molecule has 1 unspecified atom stereocenters. The van der Waals surface area contributed by atoms with Crippen molar-refractivity contribution in [3.8, 4) is 0 Å². The van der Waals surface area contributed by atoms with Gasteiger partial charge in [0, 0.05) is 0 Å². The van der Waals surface area contributed by atoms with Gasteiger partial charge in [0.05, 0.1) is 11.6 Å². The monoisotopic (exact) mass is 290 g/mol. The molecule has 1 aromatic carbocycles. The minimum absolute atomic E-state index is 0.228. The Morgan fingerprint density at radius 2 is 1.95 bits per heavy atom. The van der Waals surface area contributed by atoms with Crippen LogP contribution in [0.3, 0.4) is 0 Å². The fraction of sp³-hybridized carbons (Fsp3) is 0.167. The minimum atomic E-state index is -4.56. The lowest BCUT2D eigenvalue weighted by atomic mass is 9.96. The summed E-state index contributed by atoms with van der Waals surface area (Å²) in [5.74, 6) is 4.59. The lowest BCUT2D eigenvalue weighted by Gasteiger charge is -2.20. The molecule has 0 aliphatic rings. The number of benzene rings is 1. The third kappa shape index (κ3) is 2.94. The number of thiophene rings is 1. The number of nitrogens with one attached hydrogen (secondary N) is 1. The first kappa shape index (κ1) is 14.0. The fourth-order valence-electron chi connectivity index (χ4n) is 1.84. The summed E-state index contributed by atoms with van der Waals surface area (Å²) in [6, 6.07) is 3.10. The molecule has 2 aromatic rings. The molecular formula is C12H10F4N2S. The molecular weight excluding hydrogens is 280 g/mol. The van der Waals surface area contributed by atoms with E-state index in [4.69, 9.17) is 5.84 Å². The summed E-state index contributed by atoms with van der Waals surface area (Å²) in [5, 5.41) is 3.38. The van der Waals surface area contributed by atoms with E-state index in [0.29, 0.717) is 5.56 Å². The van der Waals surface area contributed by atoms with Gasteiger partial charge < -0.3 is 0 Å². The third-order valence-corrected chi connectivity index (χ3v) is 3.37. The summed E-state index contributed by atoms with van der Waals surface area (Å²) in [6.45, 7) is 0. The van der Waals surface area contributed by atoms with E-state index in [-0.39, 0.29) is 5.56 Å². The highest BCUT2D eigenvalue weighted by atomic mass is 32.1. The zero-order valence-corrected chi connectivity index (χ0v) is 10.4. The van der Waals surface area contributed by atoms with Gasteiger partial charge in [0.25, 0.3) is 0 Å². The molecule has 19 heavy (non-hydrogen) atoms. The van der Waals surface area contributed by atoms with Crippen molar-refractivity contribution in [3.63, 3.8) is 0 Å². The number of halogens is 4. The van der Waals surface area contributed by atoms with Crippen molar-refractivity contribution in [1.82, 2.24) is 5.43 Å². The van der Waals surface area contributed by atoms with Crippen molar-refractivity contribution in [1.29, 1.82) is 0 Å². The number of rotatable bonds is 3. The number of alkyl halides is 3. The molecule has 1 aromatic heterocycles. The van der Waals surface area contributed by atoms with Crippen LogP contribution in [0.5, 0.6) is 0 Å². The molecule has 0 aliphatic heterocycles. The molecule has 0 fully saturated rings. The maximum Gasteiger partial charge on any atom is 0.416 e. The van der Waals surface area contributed by atoms with Gasteiger partial charge in [-0.05, 0) is 46.2 Å². The average molecular weight is 290 g/mol. The van der Waals surface area contributed by atoms with Gasteiger partial charge in [-0.2, -0.15) is 24.5 Å². The Morgan fingerprint density at radius 3 is 2.47 bits per heavy atom. The Hall–Kier alpha value is -1.44. The van der Waals surface area contributed by atoms with Crippen LogP contribution in [0.1, 0.15) is 22.7 Å². The molecule has 2 rings (SSSR count). The van der Waals surface area contributed by atoms with Crippen LogP contribution in [0.25, 0.3) is 0 Å². The van der Waals surface area contributed by atoms with Crippen LogP contribution in [-0.2, 0) is 6.18 Å². The van der Waals surface area contributed by atoms with Gasteiger partial charge >= 0.3 is 6.18 Å². The Morgan fingerprint density at radius 1 is 1.21 bits per heavy atom. The Kier molecular flexibility index (Phi) is 3.88. The first-order valence-corrected chi connectivity index (χ1v) is 6.22. The van der Waals surface area contributed by atoms with Crippen LogP contribution in [-0.4, -0.2) is 0 Å². The predicted molar refractivity (Wildman–Crippen MR) is 64.9 cm³/mol. The number of hydrogen-bond acceptors (Lipinski definition) is 3. The standard InChI is InChI=1S/C12H10F4N2S/c13-8-1-2-10(12(14,15)16)9(5-8)11(18-17)7-3-4-19-6-7/h1-6,11,18H,17H2. The van der Waals surface area contributed by atoms with E-state index >= 15 is 0 Å². The van der Waals surface area contributed by atoms with E-state index in [2.05, 4.69) is 5.43 Å². The van der Waals surface area contributed by atoms with Crippen LogP contribution in [0.2, 0.25) is 0 Å². The van der Waals surface area contributed by atoms with E-state index in [1.165, 1.54) is 11.3 Å². The molecule has 0 spiro atoms. The normalized spacial score (nSPS) is 13.5. The number of nitrogens with two attached hydrogens (primary N) is 1. The highest BCUT2D eigenvalue weighted by molar-refractivity contribution is 7.08. The van der Waals surface area contributed by atoms with E-state index < -0.39 is 23.6 Å². The fourth-order valence-corrected chi connectivity index (χ4v) is 2.52. The Balaban J connectivity index is 2.56. The van der Waals surface area contributed by atoms with Crippen molar-refractivity contribution in [2.75, 3.05) is 0 Å². The second-order valence-corrected chi connectivity index (χ2v) is 4.67. The molecule has 3 N–H and O–H groups in total. The van der Waals surface area contributed by atoms with Gasteiger partial charge in [-0.3, -0.25) is 5.84 Å². The zero-order valence-electron chi connectivity index (χ0n) is 9.54. The summed E-state index contributed by atoms with van der Waals surface area (Å²) in [6.07, 6.45) is -4.56. The van der Waals surface area contributed by atoms with Crippen LogP contribution in [0, 0.1) is 5.82 Å². The average Bonchev–Trinajstić information content (AvgIpc) is 2.82. The van der Waals surface area contributed by atoms with Gasteiger partial charge in [-0.25, -0.2) is 9.82 Å². The summed E-state index contributed by atoms with van der Waals surface area (Å²) in [7, 11) is 0. The highest BCUT2D eigenvalue weighted by Crippen LogP contribution is 2.37. The third-order valence-electron chi connectivity index (χ3n) is 2.67.